The molecule has 0 aliphatic rings. The van der Waals surface area contributed by atoms with Gasteiger partial charge in [-0.1, -0.05) is 48.5 Å². The summed E-state index contributed by atoms with van der Waals surface area (Å²) in [4.78, 5) is 28.2. The topological polar surface area (TPSA) is 86.8 Å². The van der Waals surface area contributed by atoms with E-state index in [2.05, 4.69) is 5.32 Å². The van der Waals surface area contributed by atoms with Crippen molar-refractivity contribution in [3.05, 3.63) is 95.1 Å². The van der Waals surface area contributed by atoms with Crippen molar-refractivity contribution in [3.63, 3.8) is 0 Å². The summed E-state index contributed by atoms with van der Waals surface area (Å²) in [6.45, 7) is 9.33. The van der Waals surface area contributed by atoms with Gasteiger partial charge in [0, 0.05) is 13.1 Å². The van der Waals surface area contributed by atoms with Crippen LogP contribution in [0.25, 0.3) is 0 Å². The molecule has 37 heavy (non-hydrogen) atoms. The van der Waals surface area contributed by atoms with Gasteiger partial charge < -0.3 is 10.2 Å². The summed E-state index contributed by atoms with van der Waals surface area (Å²) in [5.74, 6) is -0.769. The number of rotatable bonds is 10. The molecule has 0 spiro atoms. The van der Waals surface area contributed by atoms with Crippen LogP contribution in [0.1, 0.15) is 36.1 Å². The Hall–Kier alpha value is -3.65. The second kappa shape index (κ2) is 12.1. The van der Waals surface area contributed by atoms with E-state index in [1.165, 1.54) is 17.0 Å². The SMILES string of the molecule is CCNC(=O)C(C)N(Cc1ccccc1C)C(=O)CN(c1cc(C)cc(C)c1)S(=O)(=O)c1ccccc1. The minimum Gasteiger partial charge on any atom is -0.355 e. The minimum absolute atomic E-state index is 0.0872. The number of nitrogens with one attached hydrogen (secondary N) is 1. The van der Waals surface area contributed by atoms with Crippen LogP contribution in [0.15, 0.2) is 77.7 Å². The molecule has 1 N–H and O–H groups in total. The highest BCUT2D eigenvalue weighted by Crippen LogP contribution is 2.26. The average Bonchev–Trinajstić information content (AvgIpc) is 2.86. The first-order valence-electron chi connectivity index (χ1n) is 12.3. The summed E-state index contributed by atoms with van der Waals surface area (Å²) >= 11 is 0. The molecule has 0 saturated carbocycles. The second-order valence-corrected chi connectivity index (χ2v) is 11.1. The van der Waals surface area contributed by atoms with Crippen molar-refractivity contribution in [2.75, 3.05) is 17.4 Å². The first-order chi connectivity index (χ1) is 17.5. The minimum atomic E-state index is -4.07. The highest BCUT2D eigenvalue weighted by atomic mass is 32.2. The molecule has 0 radical (unpaired) electrons. The van der Waals surface area contributed by atoms with E-state index in [0.29, 0.717) is 12.2 Å². The summed E-state index contributed by atoms with van der Waals surface area (Å²) in [6.07, 6.45) is 0. The zero-order chi connectivity index (χ0) is 27.2. The molecule has 0 bridgehead atoms. The van der Waals surface area contributed by atoms with Gasteiger partial charge in [0.25, 0.3) is 10.0 Å². The Balaban J connectivity index is 2.06. The van der Waals surface area contributed by atoms with E-state index in [0.717, 1.165) is 26.6 Å². The van der Waals surface area contributed by atoms with Gasteiger partial charge in [-0.3, -0.25) is 13.9 Å². The number of sulfonamides is 1. The van der Waals surface area contributed by atoms with Crippen molar-refractivity contribution in [1.29, 1.82) is 0 Å². The number of hydrogen-bond acceptors (Lipinski definition) is 4. The molecule has 3 aromatic rings. The summed E-state index contributed by atoms with van der Waals surface area (Å²) in [5, 5.41) is 2.77. The van der Waals surface area contributed by atoms with E-state index in [4.69, 9.17) is 0 Å². The molecule has 0 aliphatic heterocycles. The molecule has 0 aliphatic carbocycles. The Labute approximate surface area is 220 Å². The van der Waals surface area contributed by atoms with Gasteiger partial charge in [0.2, 0.25) is 11.8 Å². The molecule has 196 valence electrons. The summed E-state index contributed by atoms with van der Waals surface area (Å²) < 4.78 is 28.8. The molecule has 1 unspecified atom stereocenters. The Morgan fingerprint density at radius 3 is 2.08 bits per heavy atom. The van der Waals surface area contributed by atoms with Gasteiger partial charge in [0.05, 0.1) is 10.6 Å². The maximum atomic E-state index is 13.9. The number of carbonyl (C=O) groups excluding carboxylic acids is 2. The summed E-state index contributed by atoms with van der Waals surface area (Å²) in [5.41, 5.74) is 4.02. The number of carbonyl (C=O) groups is 2. The molecule has 2 amide bonds. The van der Waals surface area contributed by atoms with Crippen molar-refractivity contribution >= 4 is 27.5 Å². The third-order valence-electron chi connectivity index (χ3n) is 6.22. The molecule has 0 heterocycles. The molecule has 0 fully saturated rings. The lowest BCUT2D eigenvalue weighted by atomic mass is 10.1. The molecular formula is C29H35N3O4S. The monoisotopic (exact) mass is 521 g/mol. The van der Waals surface area contributed by atoms with Gasteiger partial charge in [-0.2, -0.15) is 0 Å². The van der Waals surface area contributed by atoms with Crippen LogP contribution in [0.5, 0.6) is 0 Å². The van der Waals surface area contributed by atoms with Gasteiger partial charge in [-0.15, -0.1) is 0 Å². The van der Waals surface area contributed by atoms with Crippen LogP contribution in [0.2, 0.25) is 0 Å². The quantitative estimate of drug-likeness (QED) is 0.430. The van der Waals surface area contributed by atoms with Crippen LogP contribution < -0.4 is 9.62 Å². The lowest BCUT2D eigenvalue weighted by Gasteiger charge is -2.32. The van der Waals surface area contributed by atoms with Crippen LogP contribution in [-0.2, 0) is 26.2 Å². The molecule has 7 nitrogen and oxygen atoms in total. The van der Waals surface area contributed by atoms with Gasteiger partial charge >= 0.3 is 0 Å². The highest BCUT2D eigenvalue weighted by Gasteiger charge is 2.32. The van der Waals surface area contributed by atoms with E-state index in [9.17, 15) is 18.0 Å². The predicted octanol–water partition coefficient (Wildman–Crippen LogP) is 4.36. The third kappa shape index (κ3) is 6.77. The molecule has 0 aromatic heterocycles. The zero-order valence-electron chi connectivity index (χ0n) is 22.1. The van der Waals surface area contributed by atoms with Crippen LogP contribution >= 0.6 is 0 Å². The van der Waals surface area contributed by atoms with Crippen LogP contribution in [0, 0.1) is 20.8 Å². The Bertz CT molecular complexity index is 1340. The van der Waals surface area contributed by atoms with Gasteiger partial charge in [-0.05, 0) is 81.1 Å². The summed E-state index contributed by atoms with van der Waals surface area (Å²) in [7, 11) is -4.07. The molecule has 1 atom stereocenters. The van der Waals surface area contributed by atoms with Gasteiger partial charge in [0.15, 0.2) is 0 Å². The molecule has 8 heteroatoms. The number of benzene rings is 3. The Morgan fingerprint density at radius 2 is 1.49 bits per heavy atom. The fourth-order valence-electron chi connectivity index (χ4n) is 4.22. The predicted molar refractivity (Wildman–Crippen MR) is 147 cm³/mol. The van der Waals surface area contributed by atoms with Crippen molar-refractivity contribution < 1.29 is 18.0 Å². The number of hydrogen-bond donors (Lipinski definition) is 1. The van der Waals surface area contributed by atoms with E-state index in [1.807, 2.05) is 58.0 Å². The maximum absolute atomic E-state index is 13.9. The van der Waals surface area contributed by atoms with E-state index < -0.39 is 28.5 Å². The van der Waals surface area contributed by atoms with E-state index in [1.54, 1.807) is 37.3 Å². The second-order valence-electron chi connectivity index (χ2n) is 9.19. The van der Waals surface area contributed by atoms with Crippen molar-refractivity contribution in [2.24, 2.45) is 0 Å². The first kappa shape index (κ1) is 27.9. The number of anilines is 1. The number of aryl methyl sites for hydroxylation is 3. The Morgan fingerprint density at radius 1 is 0.892 bits per heavy atom. The molecule has 3 rings (SSSR count). The van der Waals surface area contributed by atoms with E-state index >= 15 is 0 Å². The lowest BCUT2D eigenvalue weighted by molar-refractivity contribution is -0.139. The molecule has 3 aromatic carbocycles. The standard InChI is InChI=1S/C29H35N3O4S/c1-6-30-29(34)24(5)31(19-25-13-11-10-12-23(25)4)28(33)20-32(26-17-21(2)16-22(3)18-26)37(35,36)27-14-8-7-9-15-27/h7-18,24H,6,19-20H2,1-5H3,(H,30,34). The van der Waals surface area contributed by atoms with Crippen LogP contribution in [0.4, 0.5) is 5.69 Å². The van der Waals surface area contributed by atoms with Gasteiger partial charge in [0.1, 0.15) is 12.6 Å². The zero-order valence-corrected chi connectivity index (χ0v) is 22.9. The fraction of sp³-hybridized carbons (Fsp3) is 0.310. The normalized spacial score (nSPS) is 12.0. The molecular weight excluding hydrogens is 486 g/mol. The van der Waals surface area contributed by atoms with Gasteiger partial charge in [-0.25, -0.2) is 8.42 Å². The number of amides is 2. The van der Waals surface area contributed by atoms with Crippen LogP contribution in [0.3, 0.4) is 0 Å². The average molecular weight is 522 g/mol. The smallest absolute Gasteiger partial charge is 0.264 e. The fourth-order valence-corrected chi connectivity index (χ4v) is 5.64. The summed E-state index contributed by atoms with van der Waals surface area (Å²) in [6, 6.07) is 20.3. The third-order valence-corrected chi connectivity index (χ3v) is 8.01. The lowest BCUT2D eigenvalue weighted by Crippen LogP contribution is -2.51. The van der Waals surface area contributed by atoms with Crippen molar-refractivity contribution in [1.82, 2.24) is 10.2 Å². The Kier molecular flexibility index (Phi) is 9.10. The number of likely N-dealkylation sites (N-methyl/N-ethyl adjacent to an activating group) is 1. The van der Waals surface area contributed by atoms with E-state index in [-0.39, 0.29) is 17.3 Å². The number of nitrogens with zero attached hydrogens (tertiary/aromatic N) is 2. The van der Waals surface area contributed by atoms with Crippen LogP contribution in [-0.4, -0.2) is 44.3 Å². The van der Waals surface area contributed by atoms with Crippen molar-refractivity contribution in [2.45, 2.75) is 52.1 Å². The largest absolute Gasteiger partial charge is 0.355 e. The van der Waals surface area contributed by atoms with Crippen molar-refractivity contribution in [3.8, 4) is 0 Å². The molecule has 0 saturated heterocycles. The highest BCUT2D eigenvalue weighted by molar-refractivity contribution is 7.92. The maximum Gasteiger partial charge on any atom is 0.264 e. The first-order valence-corrected chi connectivity index (χ1v) is 13.8.